The van der Waals surface area contributed by atoms with Gasteiger partial charge in [0, 0.05) is 30.1 Å². The summed E-state index contributed by atoms with van der Waals surface area (Å²) >= 11 is 6.75. The molecule has 2 fully saturated rings. The molecule has 0 amide bonds. The fourth-order valence-electron chi connectivity index (χ4n) is 3.29. The van der Waals surface area contributed by atoms with Gasteiger partial charge in [-0.3, -0.25) is 10.1 Å². The van der Waals surface area contributed by atoms with Gasteiger partial charge in [-0.15, -0.1) is 0 Å². The number of anilines is 1. The van der Waals surface area contributed by atoms with Crippen molar-refractivity contribution < 1.29 is 4.92 Å². The first-order valence-electron chi connectivity index (χ1n) is 7.99. The number of rotatable bonds is 4. The van der Waals surface area contributed by atoms with Gasteiger partial charge in [0.1, 0.15) is 4.47 Å². The summed E-state index contributed by atoms with van der Waals surface area (Å²) in [6.07, 6.45) is 3.33. The number of halogens is 2. The maximum Gasteiger partial charge on any atom is 0.312 e. The molecule has 9 heteroatoms. The molecule has 1 aromatic heterocycles. The smallest absolute Gasteiger partial charge is 0.312 e. The Labute approximate surface area is 155 Å². The average Bonchev–Trinajstić information content (AvgIpc) is 3.14. The molecule has 0 spiro atoms. The summed E-state index contributed by atoms with van der Waals surface area (Å²) in [7, 11) is 0. The number of benzene rings is 1. The molecule has 1 aliphatic carbocycles. The van der Waals surface area contributed by atoms with Crippen LogP contribution in [0.2, 0.25) is 0 Å². The molecule has 2 heterocycles. The van der Waals surface area contributed by atoms with Gasteiger partial charge in [0.05, 0.1) is 10.4 Å². The minimum atomic E-state index is -0.370. The van der Waals surface area contributed by atoms with Gasteiger partial charge in [0.2, 0.25) is 5.95 Å². The molecule has 128 valence electrons. The Balaban J connectivity index is 1.93. The molecule has 1 saturated heterocycles. The molecule has 4 rings (SSSR count). The van der Waals surface area contributed by atoms with Crippen LogP contribution in [0.3, 0.4) is 0 Å². The van der Waals surface area contributed by atoms with Crippen LogP contribution in [0.4, 0.5) is 11.6 Å². The number of nitrogens with zero attached hydrogens (tertiary/aromatic N) is 4. The van der Waals surface area contributed by atoms with Crippen molar-refractivity contribution in [2.75, 3.05) is 18.0 Å². The number of imidazole rings is 1. The van der Waals surface area contributed by atoms with Crippen molar-refractivity contribution in [2.24, 2.45) is 11.7 Å². The molecule has 0 bridgehead atoms. The minimum Gasteiger partial charge on any atom is -0.341 e. The fraction of sp³-hybridized carbons (Fsp3) is 0.533. The van der Waals surface area contributed by atoms with Crippen LogP contribution in [0.1, 0.15) is 19.3 Å². The second kappa shape index (κ2) is 5.96. The lowest BCUT2D eigenvalue weighted by Crippen LogP contribution is -2.28. The third kappa shape index (κ3) is 2.72. The van der Waals surface area contributed by atoms with Gasteiger partial charge in [0.25, 0.3) is 0 Å². The topological polar surface area (TPSA) is 90.2 Å². The van der Waals surface area contributed by atoms with E-state index in [-0.39, 0.29) is 16.7 Å². The second-order valence-electron chi connectivity index (χ2n) is 6.61. The minimum absolute atomic E-state index is 0.0127. The Morgan fingerprint density at radius 2 is 2.12 bits per heavy atom. The highest BCUT2D eigenvalue weighted by atomic mass is 79.9. The average molecular weight is 459 g/mol. The lowest BCUT2D eigenvalue weighted by molar-refractivity contribution is -0.384. The Morgan fingerprint density at radius 1 is 1.38 bits per heavy atom. The molecular weight excluding hydrogens is 442 g/mol. The van der Waals surface area contributed by atoms with Crippen molar-refractivity contribution in [2.45, 2.75) is 31.8 Å². The Kier molecular flexibility index (Phi) is 4.04. The van der Waals surface area contributed by atoms with Crippen LogP contribution < -0.4 is 10.6 Å². The van der Waals surface area contributed by atoms with Gasteiger partial charge in [-0.2, -0.15) is 0 Å². The van der Waals surface area contributed by atoms with Crippen molar-refractivity contribution in [3.05, 3.63) is 25.1 Å². The number of fused-ring (bicyclic) bond motifs is 1. The molecule has 1 saturated carbocycles. The molecule has 2 aromatic rings. The highest BCUT2D eigenvalue weighted by Gasteiger charge is 2.32. The predicted molar refractivity (Wildman–Crippen MR) is 99.3 cm³/mol. The van der Waals surface area contributed by atoms with Crippen molar-refractivity contribution in [3.8, 4) is 0 Å². The Bertz CT molecular complexity index is 833. The highest BCUT2D eigenvalue weighted by Crippen LogP contribution is 2.42. The largest absolute Gasteiger partial charge is 0.341 e. The van der Waals surface area contributed by atoms with E-state index < -0.39 is 0 Å². The summed E-state index contributed by atoms with van der Waals surface area (Å²) in [5, 5.41) is 11.6. The lowest BCUT2D eigenvalue weighted by atomic mass is 10.2. The maximum atomic E-state index is 11.6. The molecule has 24 heavy (non-hydrogen) atoms. The van der Waals surface area contributed by atoms with Gasteiger partial charge in [0.15, 0.2) is 5.52 Å². The van der Waals surface area contributed by atoms with E-state index >= 15 is 0 Å². The van der Waals surface area contributed by atoms with Crippen LogP contribution in [0.5, 0.6) is 0 Å². The number of hydrogen-bond acceptors (Lipinski definition) is 5. The molecule has 0 radical (unpaired) electrons. The number of nitro benzene ring substituents is 1. The van der Waals surface area contributed by atoms with Crippen LogP contribution >= 0.6 is 31.9 Å². The zero-order chi connectivity index (χ0) is 17.0. The monoisotopic (exact) mass is 457 g/mol. The summed E-state index contributed by atoms with van der Waals surface area (Å²) in [6, 6.07) is 2.05. The van der Waals surface area contributed by atoms with Gasteiger partial charge < -0.3 is 15.2 Å². The summed E-state index contributed by atoms with van der Waals surface area (Å²) in [6.45, 7) is 2.43. The quantitative estimate of drug-likeness (QED) is 0.559. The first-order valence-corrected chi connectivity index (χ1v) is 9.57. The number of hydrogen-bond donors (Lipinski definition) is 1. The van der Waals surface area contributed by atoms with Crippen molar-refractivity contribution in [1.29, 1.82) is 0 Å². The van der Waals surface area contributed by atoms with E-state index in [0.717, 1.165) is 37.5 Å². The van der Waals surface area contributed by atoms with Crippen molar-refractivity contribution in [1.82, 2.24) is 9.55 Å². The van der Waals surface area contributed by atoms with Gasteiger partial charge >= 0.3 is 5.69 Å². The van der Waals surface area contributed by atoms with E-state index in [0.29, 0.717) is 20.4 Å². The van der Waals surface area contributed by atoms with Crippen molar-refractivity contribution in [3.63, 3.8) is 0 Å². The molecular formula is C15H17Br2N5O2. The van der Waals surface area contributed by atoms with E-state index in [9.17, 15) is 10.1 Å². The van der Waals surface area contributed by atoms with E-state index in [1.54, 1.807) is 0 Å². The van der Waals surface area contributed by atoms with E-state index in [1.165, 1.54) is 12.8 Å². The summed E-state index contributed by atoms with van der Waals surface area (Å²) in [5.41, 5.74) is 7.30. The predicted octanol–water partition coefficient (Wildman–Crippen LogP) is 3.42. The van der Waals surface area contributed by atoms with E-state index in [1.807, 2.05) is 6.07 Å². The van der Waals surface area contributed by atoms with E-state index in [2.05, 4.69) is 46.3 Å². The third-order valence-electron chi connectivity index (χ3n) is 4.72. The van der Waals surface area contributed by atoms with Crippen LogP contribution in [0, 0.1) is 16.0 Å². The van der Waals surface area contributed by atoms with Gasteiger partial charge in [-0.05, 0) is 63.1 Å². The molecule has 1 aliphatic heterocycles. The van der Waals surface area contributed by atoms with Crippen LogP contribution in [-0.2, 0) is 6.54 Å². The molecule has 1 aromatic carbocycles. The maximum absolute atomic E-state index is 11.6. The summed E-state index contributed by atoms with van der Waals surface area (Å²) < 4.78 is 3.24. The lowest BCUT2D eigenvalue weighted by Gasteiger charge is -2.19. The van der Waals surface area contributed by atoms with Crippen molar-refractivity contribution >= 4 is 54.5 Å². The SMILES string of the molecule is N[C@@H]1CCN(c2nc3c([N+](=O)[O-])c(Br)c(Br)cc3n2CC2CC2)C1. The van der Waals surface area contributed by atoms with Crippen LogP contribution in [0.25, 0.3) is 11.0 Å². The third-order valence-corrected chi connectivity index (χ3v) is 6.68. The van der Waals surface area contributed by atoms with Gasteiger partial charge in [-0.1, -0.05) is 0 Å². The molecule has 1 atom stereocenters. The number of nitro groups is 1. The zero-order valence-corrected chi connectivity index (χ0v) is 16.1. The number of aromatic nitrogens is 2. The summed E-state index contributed by atoms with van der Waals surface area (Å²) in [4.78, 5) is 18.0. The van der Waals surface area contributed by atoms with Gasteiger partial charge in [-0.25, -0.2) is 4.98 Å². The standard InChI is InChI=1S/C15H17Br2N5O2/c16-10-5-11-13(14(12(10)17)22(23)24)19-15(20-4-3-9(18)7-20)21(11)6-8-1-2-8/h5,8-9H,1-4,6-7,18H2/t9-/m1/s1. The van der Waals surface area contributed by atoms with E-state index in [4.69, 9.17) is 5.73 Å². The Hall–Kier alpha value is -1.19. The van der Waals surface area contributed by atoms with Crippen LogP contribution in [0.15, 0.2) is 15.0 Å². The molecule has 2 aliphatic rings. The zero-order valence-electron chi connectivity index (χ0n) is 12.9. The highest BCUT2D eigenvalue weighted by molar-refractivity contribution is 9.13. The summed E-state index contributed by atoms with van der Waals surface area (Å²) in [5.74, 6) is 1.44. The molecule has 0 unspecified atom stereocenters. The first kappa shape index (κ1) is 16.3. The first-order chi connectivity index (χ1) is 11.5. The Morgan fingerprint density at radius 3 is 2.71 bits per heavy atom. The number of nitrogens with two attached hydrogens (primary N) is 1. The second-order valence-corrected chi connectivity index (χ2v) is 8.25. The molecule has 7 nitrogen and oxygen atoms in total. The normalized spacial score (nSPS) is 21.0. The fourth-order valence-corrected chi connectivity index (χ4v) is 4.14. The molecule has 2 N–H and O–H groups in total. The van der Waals surface area contributed by atoms with Crippen LogP contribution in [-0.4, -0.2) is 33.6 Å².